The molecular weight excluding hydrogens is 342 g/mol. The van der Waals surface area contributed by atoms with Crippen LogP contribution < -0.4 is 10.6 Å². The summed E-state index contributed by atoms with van der Waals surface area (Å²) in [6.45, 7) is 8.68. The van der Waals surface area contributed by atoms with Gasteiger partial charge in [-0.25, -0.2) is 4.68 Å². The van der Waals surface area contributed by atoms with Crippen LogP contribution >= 0.6 is 0 Å². The highest BCUT2D eigenvalue weighted by molar-refractivity contribution is 5.95. The topological polar surface area (TPSA) is 79.3 Å². The van der Waals surface area contributed by atoms with E-state index in [2.05, 4.69) is 34.8 Å². The highest BCUT2D eigenvalue weighted by atomic mass is 16.2. The molecule has 0 bridgehead atoms. The summed E-state index contributed by atoms with van der Waals surface area (Å²) in [5.41, 5.74) is 3.14. The van der Waals surface area contributed by atoms with Crippen molar-refractivity contribution in [3.05, 3.63) is 47.2 Å². The second-order valence-corrected chi connectivity index (χ2v) is 7.01. The summed E-state index contributed by atoms with van der Waals surface area (Å²) in [4.78, 5) is 26.8. The van der Waals surface area contributed by atoms with E-state index in [0.717, 1.165) is 24.3 Å². The quantitative estimate of drug-likeness (QED) is 0.812. The maximum Gasteiger partial charge on any atom is 0.237 e. The summed E-state index contributed by atoms with van der Waals surface area (Å²) in [6.07, 6.45) is 0.133. The average Bonchev–Trinajstić information content (AvgIpc) is 2.95. The summed E-state index contributed by atoms with van der Waals surface area (Å²) < 4.78 is 1.79. The number of carbonyl (C=O) groups is 2. The van der Waals surface area contributed by atoms with Gasteiger partial charge in [-0.1, -0.05) is 36.8 Å². The van der Waals surface area contributed by atoms with Crippen LogP contribution in [-0.2, 0) is 16.1 Å². The maximum absolute atomic E-state index is 12.6. The Morgan fingerprint density at radius 1 is 1.33 bits per heavy atom. The number of anilines is 1. The Morgan fingerprint density at radius 3 is 2.89 bits per heavy atom. The first kappa shape index (κ1) is 19.1. The number of hydrogen-bond donors (Lipinski definition) is 2. The number of rotatable bonds is 6. The van der Waals surface area contributed by atoms with Gasteiger partial charge in [0.15, 0.2) is 0 Å². The molecule has 2 aromatic rings. The number of benzene rings is 1. The molecule has 2 N–H and O–H groups in total. The third-order valence-corrected chi connectivity index (χ3v) is 4.81. The lowest BCUT2D eigenvalue weighted by Crippen LogP contribution is -2.56. The van der Waals surface area contributed by atoms with Crippen molar-refractivity contribution in [3.8, 4) is 0 Å². The van der Waals surface area contributed by atoms with Crippen molar-refractivity contribution in [1.29, 1.82) is 0 Å². The van der Waals surface area contributed by atoms with Gasteiger partial charge in [0.25, 0.3) is 0 Å². The first-order valence-corrected chi connectivity index (χ1v) is 9.38. The molecule has 144 valence electrons. The van der Waals surface area contributed by atoms with Crippen LogP contribution in [0.15, 0.2) is 30.3 Å². The molecule has 1 atom stereocenters. The predicted octanol–water partition coefficient (Wildman–Crippen LogP) is 1.70. The molecule has 0 saturated carbocycles. The molecule has 1 fully saturated rings. The van der Waals surface area contributed by atoms with Crippen LogP contribution in [0.1, 0.15) is 30.2 Å². The first-order valence-electron chi connectivity index (χ1n) is 9.38. The Morgan fingerprint density at radius 2 is 2.15 bits per heavy atom. The maximum atomic E-state index is 12.6. The van der Waals surface area contributed by atoms with Crippen LogP contribution in [0, 0.1) is 13.8 Å². The van der Waals surface area contributed by atoms with Crippen molar-refractivity contribution in [3.63, 3.8) is 0 Å². The first-order chi connectivity index (χ1) is 13.0. The molecule has 7 nitrogen and oxygen atoms in total. The SMILES string of the molecule is CCN1CCNC(=O)[C@@H]1CC(=O)Nc1cc(C)nn1Cc1cccc(C)c1. The molecule has 2 heterocycles. The van der Waals surface area contributed by atoms with Crippen LogP contribution in [0.25, 0.3) is 0 Å². The second-order valence-electron chi connectivity index (χ2n) is 7.01. The van der Waals surface area contributed by atoms with Crippen molar-refractivity contribution in [2.45, 2.75) is 39.8 Å². The van der Waals surface area contributed by atoms with Gasteiger partial charge in [0.2, 0.25) is 11.8 Å². The van der Waals surface area contributed by atoms with Gasteiger partial charge >= 0.3 is 0 Å². The number of aromatic nitrogens is 2. The Labute approximate surface area is 159 Å². The number of aryl methyl sites for hydroxylation is 2. The van der Waals surface area contributed by atoms with Crippen molar-refractivity contribution in [2.75, 3.05) is 25.0 Å². The van der Waals surface area contributed by atoms with Gasteiger partial charge in [-0.15, -0.1) is 0 Å². The molecular formula is C20H27N5O2. The average molecular weight is 369 g/mol. The van der Waals surface area contributed by atoms with E-state index in [0.29, 0.717) is 18.9 Å². The summed E-state index contributed by atoms with van der Waals surface area (Å²) >= 11 is 0. The zero-order valence-corrected chi connectivity index (χ0v) is 16.2. The van der Waals surface area contributed by atoms with E-state index in [1.54, 1.807) is 4.68 Å². The third-order valence-electron chi connectivity index (χ3n) is 4.81. The molecule has 0 spiro atoms. The number of nitrogens with one attached hydrogen (secondary N) is 2. The zero-order valence-electron chi connectivity index (χ0n) is 16.2. The predicted molar refractivity (Wildman–Crippen MR) is 105 cm³/mol. The molecule has 7 heteroatoms. The molecule has 0 aliphatic carbocycles. The minimum atomic E-state index is -0.419. The summed E-state index contributed by atoms with van der Waals surface area (Å²) in [5, 5.41) is 10.3. The van der Waals surface area contributed by atoms with Crippen LogP contribution in [0.3, 0.4) is 0 Å². The zero-order chi connectivity index (χ0) is 19.4. The molecule has 3 rings (SSSR count). The number of piperazine rings is 1. The van der Waals surface area contributed by atoms with Gasteiger partial charge in [-0.05, 0) is 26.0 Å². The van der Waals surface area contributed by atoms with Crippen LogP contribution in [0.5, 0.6) is 0 Å². The fraction of sp³-hybridized carbons (Fsp3) is 0.450. The number of nitrogens with zero attached hydrogens (tertiary/aromatic N) is 3. The fourth-order valence-electron chi connectivity index (χ4n) is 3.48. The van der Waals surface area contributed by atoms with E-state index < -0.39 is 6.04 Å². The lowest BCUT2D eigenvalue weighted by Gasteiger charge is -2.33. The molecule has 0 unspecified atom stereocenters. The molecule has 2 amide bonds. The van der Waals surface area contributed by atoms with Crippen LogP contribution in [0.4, 0.5) is 5.82 Å². The molecule has 1 aromatic carbocycles. The highest BCUT2D eigenvalue weighted by Crippen LogP contribution is 2.16. The molecule has 0 radical (unpaired) electrons. The van der Waals surface area contributed by atoms with E-state index in [1.807, 2.05) is 36.9 Å². The summed E-state index contributed by atoms with van der Waals surface area (Å²) in [7, 11) is 0. The van der Waals surface area contributed by atoms with Gasteiger partial charge < -0.3 is 10.6 Å². The molecule has 1 aromatic heterocycles. The monoisotopic (exact) mass is 369 g/mol. The van der Waals surface area contributed by atoms with E-state index in [-0.39, 0.29) is 18.2 Å². The standard InChI is InChI=1S/C20H27N5O2/c1-4-24-9-8-21-20(27)17(24)12-19(26)22-18-11-15(3)23-25(18)13-16-7-5-6-14(2)10-16/h5-7,10-11,17H,4,8-9,12-13H2,1-3H3,(H,21,27)(H,22,26)/t17-/m0/s1. The molecule has 1 aliphatic rings. The molecule has 27 heavy (non-hydrogen) atoms. The summed E-state index contributed by atoms with van der Waals surface area (Å²) in [5.74, 6) is 0.391. The lowest BCUT2D eigenvalue weighted by atomic mass is 10.1. The summed E-state index contributed by atoms with van der Waals surface area (Å²) in [6, 6.07) is 9.65. The van der Waals surface area contributed by atoms with Gasteiger partial charge in [0.1, 0.15) is 5.82 Å². The second kappa shape index (κ2) is 8.35. The normalized spacial score (nSPS) is 17.6. The number of likely N-dealkylation sites (N-methyl/N-ethyl adjacent to an activating group) is 1. The smallest absolute Gasteiger partial charge is 0.237 e. The Bertz CT molecular complexity index is 830. The van der Waals surface area contributed by atoms with Gasteiger partial charge in [0.05, 0.1) is 24.7 Å². The van der Waals surface area contributed by atoms with Gasteiger partial charge in [0, 0.05) is 19.2 Å². The third kappa shape index (κ3) is 4.74. The minimum absolute atomic E-state index is 0.0808. The van der Waals surface area contributed by atoms with E-state index in [9.17, 15) is 9.59 Å². The number of amides is 2. The molecule has 1 saturated heterocycles. The van der Waals surface area contributed by atoms with Crippen molar-refractivity contribution in [1.82, 2.24) is 20.0 Å². The van der Waals surface area contributed by atoms with Crippen LogP contribution in [-0.4, -0.2) is 52.2 Å². The Kier molecular flexibility index (Phi) is 5.91. The van der Waals surface area contributed by atoms with Crippen molar-refractivity contribution < 1.29 is 9.59 Å². The van der Waals surface area contributed by atoms with Crippen LogP contribution in [0.2, 0.25) is 0 Å². The Hall–Kier alpha value is -2.67. The largest absolute Gasteiger partial charge is 0.353 e. The lowest BCUT2D eigenvalue weighted by molar-refractivity contribution is -0.132. The fourth-order valence-corrected chi connectivity index (χ4v) is 3.48. The minimum Gasteiger partial charge on any atom is -0.353 e. The molecule has 1 aliphatic heterocycles. The van der Waals surface area contributed by atoms with Gasteiger partial charge in [-0.3, -0.25) is 14.5 Å². The van der Waals surface area contributed by atoms with E-state index in [1.165, 1.54) is 5.56 Å². The van der Waals surface area contributed by atoms with Gasteiger partial charge in [-0.2, -0.15) is 5.10 Å². The van der Waals surface area contributed by atoms with Crippen molar-refractivity contribution >= 4 is 17.6 Å². The number of hydrogen-bond acceptors (Lipinski definition) is 4. The van der Waals surface area contributed by atoms with E-state index >= 15 is 0 Å². The highest BCUT2D eigenvalue weighted by Gasteiger charge is 2.30. The number of carbonyl (C=O) groups excluding carboxylic acids is 2. The van der Waals surface area contributed by atoms with E-state index in [4.69, 9.17) is 0 Å². The van der Waals surface area contributed by atoms with Crippen molar-refractivity contribution in [2.24, 2.45) is 0 Å². The Balaban J connectivity index is 1.70.